The second kappa shape index (κ2) is 6.46. The van der Waals surface area contributed by atoms with E-state index in [1.165, 1.54) is 0 Å². The number of hydrogen-bond acceptors (Lipinski definition) is 3. The van der Waals surface area contributed by atoms with Crippen LogP contribution in [-0.4, -0.2) is 52.4 Å². The summed E-state index contributed by atoms with van der Waals surface area (Å²) in [4.78, 5) is 28.6. The number of nitrogens with zero attached hydrogens (tertiary/aromatic N) is 2. The van der Waals surface area contributed by atoms with Gasteiger partial charge in [-0.3, -0.25) is 9.59 Å². The lowest BCUT2D eigenvalue weighted by Crippen LogP contribution is -2.54. The summed E-state index contributed by atoms with van der Waals surface area (Å²) in [5.74, 6) is 0.459. The van der Waals surface area contributed by atoms with Gasteiger partial charge in [0, 0.05) is 37.7 Å². The summed E-state index contributed by atoms with van der Waals surface area (Å²) in [5, 5.41) is 9.35. The smallest absolute Gasteiger partial charge is 0.253 e. The average Bonchev–Trinajstić information content (AvgIpc) is 2.58. The van der Waals surface area contributed by atoms with Gasteiger partial charge >= 0.3 is 0 Å². The Bertz CT molecular complexity index is 616. The maximum Gasteiger partial charge on any atom is 0.253 e. The molecule has 2 aliphatic heterocycles. The van der Waals surface area contributed by atoms with Crippen LogP contribution in [0.15, 0.2) is 24.3 Å². The van der Waals surface area contributed by atoms with E-state index in [9.17, 15) is 14.7 Å². The highest BCUT2D eigenvalue weighted by atomic mass is 16.3. The lowest BCUT2D eigenvalue weighted by atomic mass is 9.72. The molecule has 1 aromatic rings. The van der Waals surface area contributed by atoms with E-state index in [0.717, 1.165) is 38.9 Å². The highest BCUT2D eigenvalue weighted by Crippen LogP contribution is 2.41. The second-order valence-corrected chi connectivity index (χ2v) is 7.45. The summed E-state index contributed by atoms with van der Waals surface area (Å²) in [6, 6.07) is 6.67. The van der Waals surface area contributed by atoms with E-state index in [1.54, 1.807) is 24.3 Å². The third-order valence-corrected chi connectivity index (χ3v) is 5.54. The van der Waals surface area contributed by atoms with Gasteiger partial charge in [-0.25, -0.2) is 0 Å². The molecule has 24 heavy (non-hydrogen) atoms. The number of likely N-dealkylation sites (tertiary alicyclic amines) is 2. The van der Waals surface area contributed by atoms with Crippen molar-refractivity contribution in [2.45, 2.75) is 45.6 Å². The Balaban J connectivity index is 1.64. The fourth-order valence-electron chi connectivity index (χ4n) is 3.89. The molecule has 2 amide bonds. The first-order valence-electron chi connectivity index (χ1n) is 8.78. The van der Waals surface area contributed by atoms with Crippen LogP contribution in [0.2, 0.25) is 0 Å². The summed E-state index contributed by atoms with van der Waals surface area (Å²) < 4.78 is 0. The van der Waals surface area contributed by atoms with Crippen molar-refractivity contribution in [2.24, 2.45) is 5.41 Å². The molecule has 0 unspecified atom stereocenters. The molecule has 3 rings (SSSR count). The van der Waals surface area contributed by atoms with Gasteiger partial charge in [-0.05, 0) is 62.8 Å². The van der Waals surface area contributed by atoms with Crippen LogP contribution in [0, 0.1) is 5.41 Å². The third-order valence-electron chi connectivity index (χ3n) is 5.54. The largest absolute Gasteiger partial charge is 0.508 e. The zero-order valence-corrected chi connectivity index (χ0v) is 14.5. The SMILES string of the molecule is CC(C)N1CC2(CCC1=O)CCN(C(=O)c1ccc(O)cc1)CC2. The topological polar surface area (TPSA) is 60.9 Å². The highest BCUT2D eigenvalue weighted by Gasteiger charge is 2.42. The number of carbonyl (C=O) groups excluding carboxylic acids is 2. The average molecular weight is 330 g/mol. The number of benzene rings is 1. The molecule has 0 saturated carbocycles. The fourth-order valence-corrected chi connectivity index (χ4v) is 3.89. The van der Waals surface area contributed by atoms with Crippen LogP contribution in [0.25, 0.3) is 0 Å². The molecule has 5 nitrogen and oxygen atoms in total. The molecule has 1 spiro atoms. The number of phenols is 1. The molecule has 0 radical (unpaired) electrons. The van der Waals surface area contributed by atoms with Crippen molar-refractivity contribution >= 4 is 11.8 Å². The van der Waals surface area contributed by atoms with E-state index in [0.29, 0.717) is 12.0 Å². The van der Waals surface area contributed by atoms with Crippen molar-refractivity contribution in [3.63, 3.8) is 0 Å². The van der Waals surface area contributed by atoms with E-state index in [1.807, 2.05) is 9.80 Å². The second-order valence-electron chi connectivity index (χ2n) is 7.45. The summed E-state index contributed by atoms with van der Waals surface area (Å²) in [7, 11) is 0. The van der Waals surface area contributed by atoms with Crippen LogP contribution in [0.1, 0.15) is 49.9 Å². The van der Waals surface area contributed by atoms with Crippen molar-refractivity contribution in [2.75, 3.05) is 19.6 Å². The van der Waals surface area contributed by atoms with Crippen molar-refractivity contribution in [3.05, 3.63) is 29.8 Å². The molecule has 0 aliphatic carbocycles. The van der Waals surface area contributed by atoms with Crippen LogP contribution in [0.3, 0.4) is 0 Å². The summed E-state index contributed by atoms with van der Waals surface area (Å²) in [6.45, 7) is 6.44. The zero-order valence-electron chi connectivity index (χ0n) is 14.5. The molecule has 2 fully saturated rings. The molecule has 130 valence electrons. The van der Waals surface area contributed by atoms with Crippen molar-refractivity contribution < 1.29 is 14.7 Å². The Hall–Kier alpha value is -2.04. The predicted molar refractivity (Wildman–Crippen MR) is 91.8 cm³/mol. The maximum absolute atomic E-state index is 12.6. The zero-order chi connectivity index (χ0) is 17.3. The van der Waals surface area contributed by atoms with Crippen LogP contribution >= 0.6 is 0 Å². The van der Waals surface area contributed by atoms with E-state index in [-0.39, 0.29) is 29.0 Å². The summed E-state index contributed by atoms with van der Waals surface area (Å²) >= 11 is 0. The molecule has 0 atom stereocenters. The molecule has 2 heterocycles. The van der Waals surface area contributed by atoms with Crippen LogP contribution in [0.4, 0.5) is 0 Å². The highest BCUT2D eigenvalue weighted by molar-refractivity contribution is 5.94. The van der Waals surface area contributed by atoms with Crippen molar-refractivity contribution in [1.82, 2.24) is 9.80 Å². The van der Waals surface area contributed by atoms with Crippen LogP contribution in [0.5, 0.6) is 5.75 Å². The van der Waals surface area contributed by atoms with E-state index in [2.05, 4.69) is 13.8 Å². The fraction of sp³-hybridized carbons (Fsp3) is 0.579. The van der Waals surface area contributed by atoms with E-state index >= 15 is 0 Å². The van der Waals surface area contributed by atoms with Gasteiger partial charge in [-0.2, -0.15) is 0 Å². The molecule has 0 bridgehead atoms. The molecular weight excluding hydrogens is 304 g/mol. The minimum atomic E-state index is 0.0254. The van der Waals surface area contributed by atoms with Crippen LogP contribution in [-0.2, 0) is 4.79 Å². The van der Waals surface area contributed by atoms with Gasteiger partial charge in [0.05, 0.1) is 0 Å². The first-order valence-corrected chi connectivity index (χ1v) is 8.78. The maximum atomic E-state index is 12.6. The number of rotatable bonds is 2. The summed E-state index contributed by atoms with van der Waals surface area (Å²) in [5.41, 5.74) is 0.788. The molecule has 0 aromatic heterocycles. The predicted octanol–water partition coefficient (Wildman–Crippen LogP) is 2.65. The van der Waals surface area contributed by atoms with Crippen molar-refractivity contribution in [1.29, 1.82) is 0 Å². The molecule has 5 heteroatoms. The van der Waals surface area contributed by atoms with E-state index in [4.69, 9.17) is 0 Å². The van der Waals surface area contributed by atoms with Gasteiger partial charge in [-0.1, -0.05) is 0 Å². The Labute approximate surface area is 143 Å². The Morgan fingerprint density at radius 2 is 1.75 bits per heavy atom. The Morgan fingerprint density at radius 3 is 2.33 bits per heavy atom. The monoisotopic (exact) mass is 330 g/mol. The van der Waals surface area contributed by atoms with Gasteiger partial charge in [0.25, 0.3) is 5.91 Å². The number of phenolic OH excluding ortho intramolecular Hbond substituents is 1. The number of amides is 2. The van der Waals surface area contributed by atoms with Gasteiger partial charge in [0.1, 0.15) is 5.75 Å². The molecular formula is C19H26N2O3. The minimum absolute atomic E-state index is 0.0254. The van der Waals surface area contributed by atoms with Gasteiger partial charge in [0.15, 0.2) is 0 Å². The number of carbonyl (C=O) groups is 2. The lowest BCUT2D eigenvalue weighted by molar-refractivity contribution is -0.141. The first-order chi connectivity index (χ1) is 11.4. The normalized spacial score (nSPS) is 20.7. The number of piperidine rings is 2. The number of aromatic hydroxyl groups is 1. The van der Waals surface area contributed by atoms with E-state index < -0.39 is 0 Å². The standard InChI is InChI=1S/C19H26N2O3/c1-14(2)21-13-19(8-7-17(21)23)9-11-20(12-10-19)18(24)15-3-5-16(22)6-4-15/h3-6,14,22H,7-13H2,1-2H3. The van der Waals surface area contributed by atoms with Gasteiger partial charge in [0.2, 0.25) is 5.91 Å². The molecule has 2 saturated heterocycles. The quantitative estimate of drug-likeness (QED) is 0.907. The summed E-state index contributed by atoms with van der Waals surface area (Å²) in [6.07, 6.45) is 3.47. The van der Waals surface area contributed by atoms with Gasteiger partial charge < -0.3 is 14.9 Å². The molecule has 1 N–H and O–H groups in total. The van der Waals surface area contributed by atoms with Crippen LogP contribution < -0.4 is 0 Å². The minimum Gasteiger partial charge on any atom is -0.508 e. The van der Waals surface area contributed by atoms with Crippen molar-refractivity contribution in [3.8, 4) is 5.75 Å². The number of hydrogen-bond donors (Lipinski definition) is 1. The first kappa shape index (κ1) is 16.8. The van der Waals surface area contributed by atoms with Gasteiger partial charge in [-0.15, -0.1) is 0 Å². The Morgan fingerprint density at radius 1 is 1.12 bits per heavy atom. The lowest BCUT2D eigenvalue weighted by Gasteiger charge is -2.48. The Kier molecular flexibility index (Phi) is 4.52. The molecule has 2 aliphatic rings. The third kappa shape index (κ3) is 3.25. The molecule has 1 aromatic carbocycles.